The van der Waals surface area contributed by atoms with Crippen LogP contribution in [-0.2, 0) is 16.2 Å². The van der Waals surface area contributed by atoms with E-state index in [9.17, 15) is 0 Å². The molecule has 0 N–H and O–H groups in total. The van der Waals surface area contributed by atoms with Crippen molar-refractivity contribution in [2.45, 2.75) is 16.2 Å². The van der Waals surface area contributed by atoms with E-state index in [0.717, 1.165) is 67.1 Å². The lowest BCUT2D eigenvalue weighted by atomic mass is 9.70. The van der Waals surface area contributed by atoms with Crippen LogP contribution in [0.2, 0.25) is 0 Å². The second kappa shape index (κ2) is 31.3. The van der Waals surface area contributed by atoms with Gasteiger partial charge >= 0.3 is 0 Å². The first-order valence-corrected chi connectivity index (χ1v) is 49.6. The average Bonchev–Trinajstić information content (AvgIpc) is 1.51. The highest BCUT2D eigenvalue weighted by molar-refractivity contribution is 6.19. The molecule has 4 aromatic heterocycles. The van der Waals surface area contributed by atoms with Crippen LogP contribution in [0.25, 0.3) is 221 Å². The Hall–Kier alpha value is -18.5. The summed E-state index contributed by atoms with van der Waals surface area (Å²) < 4.78 is 0. The van der Waals surface area contributed by atoms with Crippen LogP contribution >= 0.6 is 0 Å². The fraction of sp³-hybridized carbons (Fsp3) is 0.0216. The third-order valence-electron chi connectivity index (χ3n) is 32.1. The van der Waals surface area contributed by atoms with E-state index >= 15 is 0 Å². The molecule has 0 amide bonds. The minimum absolute atomic E-state index is 0.364. The van der Waals surface area contributed by atoms with Gasteiger partial charge in [0.15, 0.2) is 0 Å². The molecule has 0 atom stereocenters. The van der Waals surface area contributed by atoms with Gasteiger partial charge in [0.25, 0.3) is 0 Å². The molecular formula is C139H84N4. The molecule has 0 saturated heterocycles. The van der Waals surface area contributed by atoms with Crippen LogP contribution in [0.5, 0.6) is 0 Å². The maximum atomic E-state index is 5.37. The molecule has 26 aromatic rings. The molecule has 0 unspecified atom stereocenters. The van der Waals surface area contributed by atoms with Crippen LogP contribution in [-0.4, -0.2) is 19.9 Å². The fourth-order valence-electron chi connectivity index (χ4n) is 26.1. The third kappa shape index (κ3) is 11.6. The van der Waals surface area contributed by atoms with Gasteiger partial charge in [-0.2, -0.15) is 0 Å². The molecule has 0 radical (unpaired) electrons. The summed E-state index contributed by atoms with van der Waals surface area (Å²) in [6.45, 7) is 0. The van der Waals surface area contributed by atoms with E-state index in [1.165, 1.54) is 220 Å². The molecule has 3 spiro atoms. The number of pyridine rings is 4. The van der Waals surface area contributed by atoms with Crippen molar-refractivity contribution in [3.8, 4) is 134 Å². The second-order valence-electron chi connectivity index (χ2n) is 39.0. The van der Waals surface area contributed by atoms with Gasteiger partial charge in [-0.3, -0.25) is 4.98 Å². The Labute approximate surface area is 827 Å². The molecule has 0 aliphatic heterocycles. The van der Waals surface area contributed by atoms with Crippen LogP contribution in [0.15, 0.2) is 510 Å². The van der Waals surface area contributed by atoms with E-state index in [-0.39, 0.29) is 16.2 Å². The topological polar surface area (TPSA) is 51.6 Å². The molecule has 0 saturated carbocycles. The summed E-state index contributed by atoms with van der Waals surface area (Å²) in [4.78, 5) is 20.7. The van der Waals surface area contributed by atoms with Crippen molar-refractivity contribution in [3.05, 3.63) is 576 Å². The second-order valence-corrected chi connectivity index (χ2v) is 39.0. The Kier molecular flexibility index (Phi) is 17.6. The highest BCUT2D eigenvalue weighted by Crippen LogP contribution is 2.68. The number of hydrogen-bond acceptors (Lipinski definition) is 4. The first kappa shape index (κ1) is 80.6. The van der Waals surface area contributed by atoms with Crippen molar-refractivity contribution in [2.24, 2.45) is 0 Å². The number of benzene rings is 22. The summed E-state index contributed by atoms with van der Waals surface area (Å²) in [5.74, 6) is 0. The van der Waals surface area contributed by atoms with Gasteiger partial charge in [-0.05, 0) is 272 Å². The van der Waals surface area contributed by atoms with Crippen molar-refractivity contribution >= 4 is 86.6 Å². The zero-order valence-corrected chi connectivity index (χ0v) is 77.8. The van der Waals surface area contributed by atoms with E-state index in [1.54, 1.807) is 0 Å². The van der Waals surface area contributed by atoms with Gasteiger partial charge in [-0.25, -0.2) is 15.0 Å². The molecule has 6 aliphatic rings. The van der Waals surface area contributed by atoms with Gasteiger partial charge in [-0.1, -0.05) is 425 Å². The minimum atomic E-state index is -0.386. The lowest BCUT2D eigenvalue weighted by molar-refractivity contribution is 0.795. The van der Waals surface area contributed by atoms with Gasteiger partial charge in [-0.15, -0.1) is 0 Å². The van der Waals surface area contributed by atoms with Crippen LogP contribution in [0.4, 0.5) is 0 Å². The molecule has 32 rings (SSSR count). The normalized spacial score (nSPS) is 13.5. The maximum absolute atomic E-state index is 5.37. The quantitative estimate of drug-likeness (QED) is 0.156. The minimum Gasteiger partial charge on any atom is -0.256 e. The molecule has 4 nitrogen and oxygen atoms in total. The predicted octanol–water partition coefficient (Wildman–Crippen LogP) is 34.9. The standard InChI is InChI=1S/C49H30N2.C48H29N.C42H25N/c1-5-18-42-35(14-1)36-15-2-6-19-43(36)49(42)44-20-7-3-16-37(44)40-29-41-39(30-45(40)49)38-17-4-8-22-47(38)51-48(41)32-25-23-31(24-26-32)33-12-11-13-34(28-33)46-21-9-10-27-50-46;1-2-12-33-27-34(26-23-30(33)11-1)31-21-24-32(25-22-31)47-41-28-40-37-15-5-9-19-44(37)48(45(40)29-39(41)38-16-6-10-20-46(38)49-47)42-17-7-3-13-35(42)36-14-4-8-18-43(36)48;1-2-14-27-26(12-1)13-11-19-32(27)41-35-24-34-30-17-5-9-22-38(30)42(39(34)25-33(35)31-18-6-10-23-40(31)43-41)36-20-7-3-15-28(36)29-16-4-8-21-37(29)42/h1-30H;1-29H;1-25H. The summed E-state index contributed by atoms with van der Waals surface area (Å²) in [6.07, 6.45) is 1.84. The van der Waals surface area contributed by atoms with E-state index in [2.05, 4.69) is 496 Å². The van der Waals surface area contributed by atoms with E-state index in [1.807, 2.05) is 18.3 Å². The highest BCUT2D eigenvalue weighted by atomic mass is 14.7. The van der Waals surface area contributed by atoms with Crippen molar-refractivity contribution in [1.29, 1.82) is 0 Å². The summed E-state index contributed by atoms with van der Waals surface area (Å²) in [7, 11) is 0. The smallest absolute Gasteiger partial charge is 0.0794 e. The molecule has 6 aliphatic carbocycles. The van der Waals surface area contributed by atoms with E-state index in [0.29, 0.717) is 0 Å². The van der Waals surface area contributed by atoms with Crippen LogP contribution in [0.3, 0.4) is 0 Å². The van der Waals surface area contributed by atoms with Gasteiger partial charge in [0.05, 0.1) is 55.6 Å². The predicted molar refractivity (Wildman–Crippen MR) is 592 cm³/mol. The van der Waals surface area contributed by atoms with Crippen LogP contribution in [0, 0.1) is 0 Å². The Morgan fingerprint density at radius 1 is 0.133 bits per heavy atom. The van der Waals surface area contributed by atoms with Crippen molar-refractivity contribution in [3.63, 3.8) is 0 Å². The first-order chi connectivity index (χ1) is 70.9. The first-order valence-electron chi connectivity index (χ1n) is 49.6. The Morgan fingerprint density at radius 2 is 0.413 bits per heavy atom. The van der Waals surface area contributed by atoms with Crippen molar-refractivity contribution < 1.29 is 0 Å². The lowest BCUT2D eigenvalue weighted by Gasteiger charge is -2.30. The SMILES string of the molecule is c1ccc(-c2cccc(-c3ccc(-c4nc5ccccc5c5cc6c(cc45)-c4ccccc4C64c5ccccc5-c5ccccc54)cc3)c2)nc1.c1ccc2c(c1)-c1ccccc1C21c2ccccc2-c2cc3c(-c4ccc(-c5ccc6ccccc6c5)cc4)nc4ccccc4c3cc21.c1ccc2c(c1)-c1ccccc1C21c2ccccc2-c2cc3c(-c4cccc5ccccc45)nc4ccccc4c3cc21. The van der Waals surface area contributed by atoms with Gasteiger partial charge in [0.1, 0.15) is 0 Å². The summed E-state index contributed by atoms with van der Waals surface area (Å²) >= 11 is 0. The van der Waals surface area contributed by atoms with Gasteiger partial charge in [0, 0.05) is 60.8 Å². The molecule has 0 fully saturated rings. The Morgan fingerprint density at radius 3 is 0.804 bits per heavy atom. The number of nitrogens with zero attached hydrogens (tertiary/aromatic N) is 4. The molecule has 4 heterocycles. The van der Waals surface area contributed by atoms with E-state index in [4.69, 9.17) is 15.0 Å². The molecule has 660 valence electrons. The Bertz CT molecular complexity index is 9800. The number of hydrogen-bond donors (Lipinski definition) is 0. The summed E-state index contributed by atoms with van der Waals surface area (Å²) in [6, 6.07) is 185. The van der Waals surface area contributed by atoms with Gasteiger partial charge < -0.3 is 0 Å². The Balaban J connectivity index is 0.000000100. The number of rotatable bonds is 6. The van der Waals surface area contributed by atoms with E-state index < -0.39 is 0 Å². The molecule has 4 heteroatoms. The number of para-hydroxylation sites is 3. The van der Waals surface area contributed by atoms with Crippen LogP contribution in [0.1, 0.15) is 66.8 Å². The largest absolute Gasteiger partial charge is 0.256 e. The lowest BCUT2D eigenvalue weighted by Crippen LogP contribution is -2.25. The molecular weight excluding hydrogens is 1730 g/mol. The number of fused-ring (bicyclic) bond motifs is 41. The molecule has 0 bridgehead atoms. The summed E-state index contributed by atoms with van der Waals surface area (Å²) in [5.41, 5.74) is 47.3. The molecule has 22 aromatic carbocycles. The highest BCUT2D eigenvalue weighted by Gasteiger charge is 2.55. The molecule has 143 heavy (non-hydrogen) atoms. The third-order valence-corrected chi connectivity index (χ3v) is 32.1. The van der Waals surface area contributed by atoms with Crippen molar-refractivity contribution in [2.75, 3.05) is 0 Å². The summed E-state index contributed by atoms with van der Waals surface area (Å²) in [5, 5.41) is 15.8. The average molecular weight is 1810 g/mol. The zero-order chi connectivity index (χ0) is 93.7. The fourth-order valence-corrected chi connectivity index (χ4v) is 26.1. The monoisotopic (exact) mass is 1810 g/mol. The zero-order valence-electron chi connectivity index (χ0n) is 77.8. The maximum Gasteiger partial charge on any atom is 0.0794 e. The van der Waals surface area contributed by atoms with Crippen molar-refractivity contribution in [1.82, 2.24) is 19.9 Å². The van der Waals surface area contributed by atoms with Crippen LogP contribution < -0.4 is 0 Å². The number of aromatic nitrogens is 4. The van der Waals surface area contributed by atoms with Gasteiger partial charge in [0.2, 0.25) is 0 Å².